The molecule has 1 rings (SSSR count). The van der Waals surface area contributed by atoms with Crippen LogP contribution < -0.4 is 5.32 Å². The molecule has 0 aromatic heterocycles. The second-order valence-corrected chi connectivity index (χ2v) is 3.94. The van der Waals surface area contributed by atoms with Crippen molar-refractivity contribution in [2.24, 2.45) is 0 Å². The smallest absolute Gasteiger partial charge is 0.380 e. The van der Waals surface area contributed by atoms with Crippen LogP contribution in [0.2, 0.25) is 0 Å². The summed E-state index contributed by atoms with van der Waals surface area (Å²) in [4.78, 5) is 0. The number of hydrogen-bond acceptors (Lipinski definition) is 1. The van der Waals surface area contributed by atoms with Gasteiger partial charge in [-0.3, -0.25) is 0 Å². The van der Waals surface area contributed by atoms with Crippen LogP contribution in [0.15, 0.2) is 0 Å². The Morgan fingerprint density at radius 2 is 1.15 bits per heavy atom. The lowest BCUT2D eigenvalue weighted by Crippen LogP contribution is -2.12. The molecule has 0 heterocycles. The highest BCUT2D eigenvalue weighted by molar-refractivity contribution is 5.47. The van der Waals surface area contributed by atoms with Crippen LogP contribution in [-0.2, 0) is 0 Å². The van der Waals surface area contributed by atoms with E-state index in [1.807, 2.05) is 5.32 Å². The van der Waals surface area contributed by atoms with Crippen molar-refractivity contribution in [2.75, 3.05) is 11.9 Å². The second-order valence-electron chi connectivity index (χ2n) is 3.94. The van der Waals surface area contributed by atoms with Gasteiger partial charge in [-0.15, -0.1) is 0 Å². The number of unbranched alkanes of at least 4 members (excludes halogenated alkanes) is 1. The zero-order valence-electron chi connectivity index (χ0n) is 9.85. The summed E-state index contributed by atoms with van der Waals surface area (Å²) in [6.07, 6.45) is -5.92. The lowest BCUT2D eigenvalue weighted by atomic mass is 10.2. The minimum absolute atomic E-state index is 0.140. The molecule has 0 atom stereocenters. The van der Waals surface area contributed by atoms with Crippen molar-refractivity contribution in [2.45, 2.75) is 25.4 Å². The minimum Gasteiger partial charge on any atom is -0.380 e. The number of alkyl halides is 3. The molecule has 1 nitrogen and oxygen atoms in total. The molecule has 0 fully saturated rings. The van der Waals surface area contributed by atoms with Gasteiger partial charge in [-0.05, 0) is 12.8 Å². The van der Waals surface area contributed by atoms with E-state index in [1.54, 1.807) is 0 Å². The lowest BCUT2D eigenvalue weighted by Gasteiger charge is -2.11. The molecule has 1 aromatic carbocycles. The fraction of sp³-hybridized carbons (Fsp3) is 0.455. The molecule has 114 valence electrons. The molecule has 20 heavy (non-hydrogen) atoms. The maximum absolute atomic E-state index is 13.1. The Balaban J connectivity index is 2.66. The maximum atomic E-state index is 13.1. The summed E-state index contributed by atoms with van der Waals surface area (Å²) in [6, 6.07) is 0. The Kier molecular flexibility index (Phi) is 5.18. The molecule has 0 saturated heterocycles. The fourth-order valence-corrected chi connectivity index (χ4v) is 1.42. The van der Waals surface area contributed by atoms with Gasteiger partial charge in [0.25, 0.3) is 0 Å². The van der Waals surface area contributed by atoms with Gasteiger partial charge < -0.3 is 5.32 Å². The molecule has 0 amide bonds. The van der Waals surface area contributed by atoms with Crippen LogP contribution in [0.1, 0.15) is 19.3 Å². The number of rotatable bonds is 5. The van der Waals surface area contributed by atoms with Crippen LogP contribution in [0.5, 0.6) is 0 Å². The van der Waals surface area contributed by atoms with E-state index >= 15 is 0 Å². The molecule has 9 heteroatoms. The first-order chi connectivity index (χ1) is 9.15. The molecule has 0 saturated carbocycles. The minimum atomic E-state index is -4.36. The van der Waals surface area contributed by atoms with Crippen LogP contribution in [0, 0.1) is 29.1 Å². The van der Waals surface area contributed by atoms with Gasteiger partial charge in [-0.25, -0.2) is 22.0 Å². The Labute approximate surface area is 108 Å². The first kappa shape index (κ1) is 16.5. The van der Waals surface area contributed by atoms with Crippen LogP contribution in [0.4, 0.5) is 40.8 Å². The largest absolute Gasteiger partial charge is 0.389 e. The van der Waals surface area contributed by atoms with E-state index in [4.69, 9.17) is 0 Å². The van der Waals surface area contributed by atoms with Gasteiger partial charge in [0.15, 0.2) is 23.3 Å². The third-order valence-electron chi connectivity index (χ3n) is 2.40. The van der Waals surface area contributed by atoms with Gasteiger partial charge in [-0.1, -0.05) is 0 Å². The SMILES string of the molecule is Fc1c(F)c(F)c(NCCCCC(F)(F)F)c(F)c1F. The van der Waals surface area contributed by atoms with Crippen LogP contribution in [0.25, 0.3) is 0 Å². The summed E-state index contributed by atoms with van der Waals surface area (Å²) in [5.74, 6) is -10.6. The number of anilines is 1. The lowest BCUT2D eigenvalue weighted by molar-refractivity contribution is -0.135. The Morgan fingerprint density at radius 1 is 0.700 bits per heavy atom. The molecule has 0 radical (unpaired) electrons. The van der Waals surface area contributed by atoms with Gasteiger partial charge in [0.2, 0.25) is 5.82 Å². The van der Waals surface area contributed by atoms with E-state index in [2.05, 4.69) is 0 Å². The molecule has 1 N–H and O–H groups in total. The molecule has 1 aromatic rings. The predicted molar refractivity (Wildman–Crippen MR) is 54.6 cm³/mol. The van der Waals surface area contributed by atoms with E-state index in [0.29, 0.717) is 0 Å². The number of hydrogen-bond donors (Lipinski definition) is 1. The van der Waals surface area contributed by atoms with Gasteiger partial charge in [-0.2, -0.15) is 13.2 Å². The third-order valence-corrected chi connectivity index (χ3v) is 2.40. The number of nitrogens with one attached hydrogen (secondary N) is 1. The van der Waals surface area contributed by atoms with Gasteiger partial charge >= 0.3 is 6.18 Å². The zero-order valence-corrected chi connectivity index (χ0v) is 9.85. The van der Waals surface area contributed by atoms with E-state index in [-0.39, 0.29) is 19.4 Å². The monoisotopic (exact) mass is 307 g/mol. The van der Waals surface area contributed by atoms with Crippen molar-refractivity contribution in [1.29, 1.82) is 0 Å². The van der Waals surface area contributed by atoms with Gasteiger partial charge in [0, 0.05) is 13.0 Å². The Bertz CT molecular complexity index is 453. The highest BCUT2D eigenvalue weighted by Gasteiger charge is 2.27. The molecule has 0 bridgehead atoms. The fourth-order valence-electron chi connectivity index (χ4n) is 1.42. The maximum Gasteiger partial charge on any atom is 0.389 e. The van der Waals surface area contributed by atoms with Gasteiger partial charge in [0.05, 0.1) is 0 Å². The average molecular weight is 307 g/mol. The number of benzene rings is 1. The van der Waals surface area contributed by atoms with E-state index in [1.165, 1.54) is 0 Å². The molecule has 0 aliphatic heterocycles. The third kappa shape index (κ3) is 3.97. The van der Waals surface area contributed by atoms with Crippen molar-refractivity contribution in [3.8, 4) is 0 Å². The van der Waals surface area contributed by atoms with Crippen molar-refractivity contribution in [3.05, 3.63) is 29.1 Å². The topological polar surface area (TPSA) is 12.0 Å². The van der Waals surface area contributed by atoms with Crippen molar-refractivity contribution in [1.82, 2.24) is 0 Å². The van der Waals surface area contributed by atoms with Gasteiger partial charge in [0.1, 0.15) is 5.69 Å². The Hall–Kier alpha value is -1.54. The predicted octanol–water partition coefficient (Wildman–Crippen LogP) is 4.53. The van der Waals surface area contributed by atoms with Crippen LogP contribution >= 0.6 is 0 Å². The molecular formula is C11H9F8N. The van der Waals surface area contributed by atoms with Crippen molar-refractivity contribution < 1.29 is 35.1 Å². The first-order valence-corrected chi connectivity index (χ1v) is 5.47. The van der Waals surface area contributed by atoms with Crippen molar-refractivity contribution >= 4 is 5.69 Å². The second kappa shape index (κ2) is 6.27. The standard InChI is InChI=1S/C11H9F8N/c12-5-6(13)8(15)10(9(16)7(5)14)20-4-2-1-3-11(17,18)19/h20H,1-4H2. The highest BCUT2D eigenvalue weighted by atomic mass is 19.4. The van der Waals surface area contributed by atoms with Crippen LogP contribution in [0.3, 0.4) is 0 Å². The summed E-state index contributed by atoms with van der Waals surface area (Å²) in [6.45, 7) is -0.353. The quantitative estimate of drug-likeness (QED) is 0.365. The van der Waals surface area contributed by atoms with Crippen LogP contribution in [-0.4, -0.2) is 12.7 Å². The summed E-state index contributed by atoms with van der Waals surface area (Å²) in [5.41, 5.74) is -1.24. The number of halogens is 8. The normalized spacial score (nSPS) is 11.8. The van der Waals surface area contributed by atoms with E-state index in [9.17, 15) is 35.1 Å². The zero-order chi connectivity index (χ0) is 15.5. The average Bonchev–Trinajstić information content (AvgIpc) is 2.36. The first-order valence-electron chi connectivity index (χ1n) is 5.47. The Morgan fingerprint density at radius 3 is 1.60 bits per heavy atom. The molecular weight excluding hydrogens is 298 g/mol. The van der Waals surface area contributed by atoms with E-state index in [0.717, 1.165) is 0 Å². The molecule has 0 unspecified atom stereocenters. The highest BCUT2D eigenvalue weighted by Crippen LogP contribution is 2.27. The summed E-state index contributed by atoms with van der Waals surface area (Å²) in [5, 5.41) is 1.91. The van der Waals surface area contributed by atoms with E-state index < -0.39 is 47.4 Å². The molecule has 0 aliphatic carbocycles. The molecule has 0 spiro atoms. The van der Waals surface area contributed by atoms with Crippen molar-refractivity contribution in [3.63, 3.8) is 0 Å². The summed E-state index contributed by atoms with van der Waals surface area (Å²) >= 11 is 0. The summed E-state index contributed by atoms with van der Waals surface area (Å²) < 4.78 is 99.9. The summed E-state index contributed by atoms with van der Waals surface area (Å²) in [7, 11) is 0. The molecule has 0 aliphatic rings.